The molecule has 0 radical (unpaired) electrons. The molecule has 5 heteroatoms. The van der Waals surface area contributed by atoms with Crippen LogP contribution in [0.15, 0.2) is 24.3 Å². The van der Waals surface area contributed by atoms with Crippen molar-refractivity contribution in [1.29, 1.82) is 0 Å². The Morgan fingerprint density at radius 2 is 2.00 bits per heavy atom. The van der Waals surface area contributed by atoms with Crippen molar-refractivity contribution in [2.75, 3.05) is 32.1 Å². The molecule has 1 saturated heterocycles. The quantitative estimate of drug-likeness (QED) is 0.845. The molecule has 0 spiro atoms. The van der Waals surface area contributed by atoms with E-state index in [-0.39, 0.29) is 12.0 Å². The van der Waals surface area contributed by atoms with Gasteiger partial charge in [-0.25, -0.2) is 0 Å². The smallest absolute Gasteiger partial charge is 0.225 e. The van der Waals surface area contributed by atoms with Gasteiger partial charge in [0, 0.05) is 18.7 Å². The minimum absolute atomic E-state index is 0.0304. The number of nitrogens with one attached hydrogen (secondary N) is 1. The van der Waals surface area contributed by atoms with Crippen LogP contribution in [0.2, 0.25) is 0 Å². The Balaban J connectivity index is 1.69. The van der Waals surface area contributed by atoms with Crippen LogP contribution in [0, 0.1) is 5.92 Å². The van der Waals surface area contributed by atoms with Crippen molar-refractivity contribution in [2.45, 2.75) is 32.3 Å². The van der Waals surface area contributed by atoms with Gasteiger partial charge in [-0.2, -0.15) is 0 Å². The first-order chi connectivity index (χ1) is 10.6. The Bertz CT molecular complexity index is 465. The van der Waals surface area contributed by atoms with E-state index in [0.29, 0.717) is 12.3 Å². The zero-order valence-electron chi connectivity index (χ0n) is 13.4. The number of hydrogen-bond donors (Lipinski definition) is 2. The number of aliphatic hydroxyl groups excluding tert-OH is 1. The van der Waals surface area contributed by atoms with Gasteiger partial charge in [-0.1, -0.05) is 0 Å². The fourth-order valence-corrected chi connectivity index (χ4v) is 2.82. The summed E-state index contributed by atoms with van der Waals surface area (Å²) in [7, 11) is 1.62. The number of benzene rings is 1. The number of carbonyl (C=O) groups is 1. The summed E-state index contributed by atoms with van der Waals surface area (Å²) in [5.41, 5.74) is 0.790. The van der Waals surface area contributed by atoms with Crippen LogP contribution in [0.4, 0.5) is 5.69 Å². The van der Waals surface area contributed by atoms with Gasteiger partial charge in [0.15, 0.2) is 0 Å². The summed E-state index contributed by atoms with van der Waals surface area (Å²) in [5, 5.41) is 12.5. The zero-order chi connectivity index (χ0) is 15.9. The summed E-state index contributed by atoms with van der Waals surface area (Å²) in [6, 6.07) is 7.34. The monoisotopic (exact) mass is 306 g/mol. The second-order valence-electron chi connectivity index (χ2n) is 5.95. The number of carbonyl (C=O) groups excluding carboxylic acids is 1. The number of amides is 1. The highest BCUT2D eigenvalue weighted by Gasteiger charge is 2.22. The van der Waals surface area contributed by atoms with E-state index in [1.807, 2.05) is 31.2 Å². The molecule has 1 unspecified atom stereocenters. The van der Waals surface area contributed by atoms with Crippen molar-refractivity contribution in [3.8, 4) is 5.75 Å². The molecule has 0 aliphatic carbocycles. The van der Waals surface area contributed by atoms with Crippen molar-refractivity contribution in [1.82, 2.24) is 4.90 Å². The molecule has 2 rings (SSSR count). The number of methoxy groups -OCH3 is 1. The number of rotatable bonds is 6. The summed E-state index contributed by atoms with van der Waals surface area (Å²) in [4.78, 5) is 14.3. The normalized spacial score (nSPS) is 18.0. The molecule has 2 N–H and O–H groups in total. The Morgan fingerprint density at radius 1 is 1.36 bits per heavy atom. The van der Waals surface area contributed by atoms with Gasteiger partial charge in [0.1, 0.15) is 5.75 Å². The maximum Gasteiger partial charge on any atom is 0.225 e. The van der Waals surface area contributed by atoms with Crippen LogP contribution in [0.1, 0.15) is 26.2 Å². The predicted octanol–water partition coefficient (Wildman–Crippen LogP) is 2.12. The average Bonchev–Trinajstić information content (AvgIpc) is 2.54. The lowest BCUT2D eigenvalue weighted by Gasteiger charge is -2.33. The summed E-state index contributed by atoms with van der Waals surface area (Å²) < 4.78 is 5.09. The SMILES string of the molecule is COc1ccc(NC(=O)CCN2CCC(C(C)O)CC2)cc1. The molecular weight excluding hydrogens is 280 g/mol. The van der Waals surface area contributed by atoms with E-state index in [0.717, 1.165) is 43.9 Å². The standard InChI is InChI=1S/C17H26N2O3/c1-13(20)14-7-10-19(11-8-14)12-9-17(21)18-15-3-5-16(22-2)6-4-15/h3-6,13-14,20H,7-12H2,1-2H3,(H,18,21). The van der Waals surface area contributed by atoms with Crippen LogP contribution in [-0.4, -0.2) is 48.8 Å². The zero-order valence-corrected chi connectivity index (χ0v) is 13.4. The molecule has 0 bridgehead atoms. The summed E-state index contributed by atoms with van der Waals surface area (Å²) >= 11 is 0. The summed E-state index contributed by atoms with van der Waals surface area (Å²) in [5.74, 6) is 1.21. The van der Waals surface area contributed by atoms with E-state index in [4.69, 9.17) is 4.74 Å². The van der Waals surface area contributed by atoms with Gasteiger partial charge in [-0.05, 0) is 63.0 Å². The van der Waals surface area contributed by atoms with Gasteiger partial charge in [-0.3, -0.25) is 4.79 Å². The first kappa shape index (κ1) is 16.8. The number of nitrogens with zero attached hydrogens (tertiary/aromatic N) is 1. The van der Waals surface area contributed by atoms with Crippen molar-refractivity contribution < 1.29 is 14.6 Å². The van der Waals surface area contributed by atoms with Crippen molar-refractivity contribution in [3.05, 3.63) is 24.3 Å². The Labute approximate surface area is 132 Å². The molecule has 1 amide bonds. The Morgan fingerprint density at radius 3 is 2.55 bits per heavy atom. The minimum atomic E-state index is -0.222. The molecule has 1 atom stereocenters. The highest BCUT2D eigenvalue weighted by Crippen LogP contribution is 2.20. The molecule has 5 nitrogen and oxygen atoms in total. The topological polar surface area (TPSA) is 61.8 Å². The Kier molecular flexibility index (Phi) is 6.21. The number of ether oxygens (including phenoxy) is 1. The third-order valence-corrected chi connectivity index (χ3v) is 4.34. The molecule has 1 aliphatic rings. The van der Waals surface area contributed by atoms with Crippen molar-refractivity contribution in [3.63, 3.8) is 0 Å². The molecule has 1 aliphatic heterocycles. The van der Waals surface area contributed by atoms with Gasteiger partial charge in [0.05, 0.1) is 13.2 Å². The lowest BCUT2D eigenvalue weighted by molar-refractivity contribution is -0.116. The van der Waals surface area contributed by atoms with Crippen LogP contribution in [0.25, 0.3) is 0 Å². The first-order valence-corrected chi connectivity index (χ1v) is 7.93. The van der Waals surface area contributed by atoms with Crippen molar-refractivity contribution >= 4 is 11.6 Å². The van der Waals surface area contributed by atoms with Gasteiger partial charge in [-0.15, -0.1) is 0 Å². The third-order valence-electron chi connectivity index (χ3n) is 4.34. The third kappa shape index (κ3) is 5.00. The molecule has 1 heterocycles. The predicted molar refractivity (Wildman–Crippen MR) is 87.1 cm³/mol. The van der Waals surface area contributed by atoms with Crippen LogP contribution < -0.4 is 10.1 Å². The van der Waals surface area contributed by atoms with E-state index >= 15 is 0 Å². The van der Waals surface area contributed by atoms with Crippen LogP contribution in [-0.2, 0) is 4.79 Å². The summed E-state index contributed by atoms with van der Waals surface area (Å²) in [6.07, 6.45) is 2.29. The maximum atomic E-state index is 12.0. The van der Waals surface area contributed by atoms with E-state index in [1.54, 1.807) is 7.11 Å². The molecule has 0 saturated carbocycles. The number of hydrogen-bond acceptors (Lipinski definition) is 4. The van der Waals surface area contributed by atoms with Crippen molar-refractivity contribution in [2.24, 2.45) is 5.92 Å². The van der Waals surface area contributed by atoms with E-state index in [9.17, 15) is 9.90 Å². The molecular formula is C17H26N2O3. The lowest BCUT2D eigenvalue weighted by Crippen LogP contribution is -2.38. The molecule has 122 valence electrons. The first-order valence-electron chi connectivity index (χ1n) is 7.93. The van der Waals surface area contributed by atoms with Crippen LogP contribution in [0.3, 0.4) is 0 Å². The molecule has 22 heavy (non-hydrogen) atoms. The minimum Gasteiger partial charge on any atom is -0.497 e. The second-order valence-corrected chi connectivity index (χ2v) is 5.95. The lowest BCUT2D eigenvalue weighted by atomic mass is 9.92. The highest BCUT2D eigenvalue weighted by atomic mass is 16.5. The second kappa shape index (κ2) is 8.15. The van der Waals surface area contributed by atoms with Gasteiger partial charge >= 0.3 is 0 Å². The number of aliphatic hydroxyl groups is 1. The molecule has 0 aromatic heterocycles. The fraction of sp³-hybridized carbons (Fsp3) is 0.588. The maximum absolute atomic E-state index is 12.0. The fourth-order valence-electron chi connectivity index (χ4n) is 2.82. The summed E-state index contributed by atoms with van der Waals surface area (Å²) in [6.45, 7) is 4.56. The molecule has 1 fully saturated rings. The van der Waals surface area contributed by atoms with Crippen LogP contribution >= 0.6 is 0 Å². The molecule has 1 aromatic rings. The van der Waals surface area contributed by atoms with Gasteiger partial charge < -0.3 is 20.1 Å². The van der Waals surface area contributed by atoms with E-state index in [1.165, 1.54) is 0 Å². The average molecular weight is 306 g/mol. The molecule has 1 aromatic carbocycles. The van der Waals surface area contributed by atoms with Gasteiger partial charge in [0.2, 0.25) is 5.91 Å². The number of piperidine rings is 1. The van der Waals surface area contributed by atoms with E-state index in [2.05, 4.69) is 10.2 Å². The van der Waals surface area contributed by atoms with Gasteiger partial charge in [0.25, 0.3) is 0 Å². The highest BCUT2D eigenvalue weighted by molar-refractivity contribution is 5.90. The van der Waals surface area contributed by atoms with E-state index < -0.39 is 0 Å². The Hall–Kier alpha value is -1.59. The number of likely N-dealkylation sites (tertiary alicyclic amines) is 1. The largest absolute Gasteiger partial charge is 0.497 e. The van der Waals surface area contributed by atoms with Crippen LogP contribution in [0.5, 0.6) is 5.75 Å². The number of anilines is 1.